The molecular formula is C15H15N3O. The van der Waals surface area contributed by atoms with Crippen molar-refractivity contribution in [3.05, 3.63) is 65.2 Å². The molecule has 0 aliphatic heterocycles. The van der Waals surface area contributed by atoms with E-state index in [1.165, 1.54) is 5.56 Å². The van der Waals surface area contributed by atoms with Crippen LogP contribution in [-0.4, -0.2) is 12.1 Å². The molecule has 3 N–H and O–H groups in total. The van der Waals surface area contributed by atoms with Gasteiger partial charge in [0.2, 0.25) is 0 Å². The van der Waals surface area contributed by atoms with Gasteiger partial charge in [0, 0.05) is 5.69 Å². The zero-order valence-corrected chi connectivity index (χ0v) is 10.6. The van der Waals surface area contributed by atoms with E-state index in [1.54, 1.807) is 30.5 Å². The number of carbonyl (C=O) groups is 1. The fourth-order valence-corrected chi connectivity index (χ4v) is 1.58. The van der Waals surface area contributed by atoms with Gasteiger partial charge in [0.25, 0.3) is 5.91 Å². The molecule has 96 valence electrons. The number of amides is 1. The fraction of sp³-hybridized carbons (Fsp3) is 0.0667. The lowest BCUT2D eigenvalue weighted by Crippen LogP contribution is -2.18. The second-order valence-corrected chi connectivity index (χ2v) is 4.20. The summed E-state index contributed by atoms with van der Waals surface area (Å²) in [6.07, 6.45) is 1.59. The van der Waals surface area contributed by atoms with E-state index in [2.05, 4.69) is 10.5 Å². The molecule has 2 aromatic carbocycles. The molecule has 0 bridgehead atoms. The average molecular weight is 253 g/mol. The largest absolute Gasteiger partial charge is 0.398 e. The average Bonchev–Trinajstić information content (AvgIpc) is 2.41. The van der Waals surface area contributed by atoms with Crippen LogP contribution in [-0.2, 0) is 0 Å². The number of nitrogen functional groups attached to an aromatic ring is 1. The molecule has 0 aliphatic rings. The van der Waals surface area contributed by atoms with Crippen molar-refractivity contribution in [2.45, 2.75) is 6.92 Å². The lowest BCUT2D eigenvalue weighted by atomic mass is 10.2. The summed E-state index contributed by atoms with van der Waals surface area (Å²) in [5, 5.41) is 3.91. The molecule has 2 aromatic rings. The number of hydrogen-bond donors (Lipinski definition) is 2. The first-order valence-electron chi connectivity index (χ1n) is 5.91. The van der Waals surface area contributed by atoms with E-state index in [-0.39, 0.29) is 5.91 Å². The Kier molecular flexibility index (Phi) is 3.93. The summed E-state index contributed by atoms with van der Waals surface area (Å²) in [7, 11) is 0. The lowest BCUT2D eigenvalue weighted by molar-refractivity contribution is 0.0956. The molecule has 2 rings (SSSR count). The predicted molar refractivity (Wildman–Crippen MR) is 77.1 cm³/mol. The first kappa shape index (κ1) is 12.8. The van der Waals surface area contributed by atoms with Crippen LogP contribution < -0.4 is 11.2 Å². The van der Waals surface area contributed by atoms with Crippen LogP contribution in [0.15, 0.2) is 53.6 Å². The lowest BCUT2D eigenvalue weighted by Gasteiger charge is -2.02. The quantitative estimate of drug-likeness (QED) is 0.501. The predicted octanol–water partition coefficient (Wildman–Crippen LogP) is 2.34. The summed E-state index contributed by atoms with van der Waals surface area (Å²) < 4.78 is 0. The van der Waals surface area contributed by atoms with Crippen LogP contribution >= 0.6 is 0 Å². The Labute approximate surface area is 112 Å². The van der Waals surface area contributed by atoms with Crippen LogP contribution in [0, 0.1) is 6.92 Å². The third kappa shape index (κ3) is 3.42. The molecular weight excluding hydrogens is 238 g/mol. The molecule has 0 saturated carbocycles. The molecule has 0 atom stereocenters. The zero-order valence-electron chi connectivity index (χ0n) is 10.6. The van der Waals surface area contributed by atoms with Gasteiger partial charge in [-0.2, -0.15) is 5.10 Å². The number of carbonyl (C=O) groups excluding carboxylic acids is 1. The standard InChI is InChI=1S/C15H15N3O/c1-11-6-8-12(9-7-11)10-17-18-15(19)13-4-2-3-5-14(13)16/h2-10H,16H2,1H3,(H,18,19). The van der Waals surface area contributed by atoms with Crippen molar-refractivity contribution in [3.8, 4) is 0 Å². The van der Waals surface area contributed by atoms with E-state index in [0.29, 0.717) is 11.3 Å². The Balaban J connectivity index is 2.01. The molecule has 0 fully saturated rings. The summed E-state index contributed by atoms with van der Waals surface area (Å²) in [5.74, 6) is -0.318. The second-order valence-electron chi connectivity index (χ2n) is 4.20. The monoisotopic (exact) mass is 253 g/mol. The molecule has 4 nitrogen and oxygen atoms in total. The number of hydrogen-bond acceptors (Lipinski definition) is 3. The smallest absolute Gasteiger partial charge is 0.273 e. The maximum atomic E-state index is 11.8. The molecule has 19 heavy (non-hydrogen) atoms. The number of hydrazone groups is 1. The molecule has 4 heteroatoms. The maximum absolute atomic E-state index is 11.8. The van der Waals surface area contributed by atoms with Crippen LogP contribution in [0.3, 0.4) is 0 Å². The SMILES string of the molecule is Cc1ccc(C=NNC(=O)c2ccccc2N)cc1. The number of anilines is 1. The van der Waals surface area contributed by atoms with Gasteiger partial charge in [-0.3, -0.25) is 4.79 Å². The van der Waals surface area contributed by atoms with Gasteiger partial charge in [-0.05, 0) is 24.6 Å². The number of nitrogens with one attached hydrogen (secondary N) is 1. The van der Waals surface area contributed by atoms with Crippen molar-refractivity contribution in [3.63, 3.8) is 0 Å². The molecule has 0 spiro atoms. The Morgan fingerprint density at radius 2 is 1.84 bits per heavy atom. The van der Waals surface area contributed by atoms with Crippen molar-refractivity contribution >= 4 is 17.8 Å². The number of para-hydroxylation sites is 1. The van der Waals surface area contributed by atoms with Gasteiger partial charge in [0.1, 0.15) is 0 Å². The van der Waals surface area contributed by atoms with E-state index in [0.717, 1.165) is 5.56 Å². The Bertz CT molecular complexity index is 603. The van der Waals surface area contributed by atoms with Gasteiger partial charge in [-0.15, -0.1) is 0 Å². The van der Waals surface area contributed by atoms with Crippen molar-refractivity contribution in [2.24, 2.45) is 5.10 Å². The van der Waals surface area contributed by atoms with E-state index < -0.39 is 0 Å². The topological polar surface area (TPSA) is 67.5 Å². The molecule has 1 amide bonds. The highest BCUT2D eigenvalue weighted by molar-refractivity contribution is 5.99. The molecule has 0 unspecified atom stereocenters. The van der Waals surface area contributed by atoms with E-state index in [4.69, 9.17) is 5.73 Å². The molecule has 0 heterocycles. The van der Waals surface area contributed by atoms with Crippen LogP contribution in [0.4, 0.5) is 5.69 Å². The summed E-state index contributed by atoms with van der Waals surface area (Å²) in [5.41, 5.74) is 11.1. The van der Waals surface area contributed by atoms with Crippen molar-refractivity contribution in [2.75, 3.05) is 5.73 Å². The first-order chi connectivity index (χ1) is 9.16. The third-order valence-electron chi connectivity index (χ3n) is 2.66. The van der Waals surface area contributed by atoms with Gasteiger partial charge in [0.05, 0.1) is 11.8 Å². The molecule has 0 aromatic heterocycles. The normalized spacial score (nSPS) is 10.6. The van der Waals surface area contributed by atoms with Crippen LogP contribution in [0.2, 0.25) is 0 Å². The van der Waals surface area contributed by atoms with E-state index in [9.17, 15) is 4.79 Å². The summed E-state index contributed by atoms with van der Waals surface area (Å²) in [6, 6.07) is 14.7. The van der Waals surface area contributed by atoms with Gasteiger partial charge in [-0.1, -0.05) is 42.0 Å². The van der Waals surface area contributed by atoms with Gasteiger partial charge >= 0.3 is 0 Å². The highest BCUT2D eigenvalue weighted by Gasteiger charge is 2.06. The minimum atomic E-state index is -0.318. The molecule has 0 saturated heterocycles. The first-order valence-corrected chi connectivity index (χ1v) is 5.91. The van der Waals surface area contributed by atoms with Crippen molar-refractivity contribution < 1.29 is 4.79 Å². The number of benzene rings is 2. The van der Waals surface area contributed by atoms with E-state index >= 15 is 0 Å². The summed E-state index contributed by atoms with van der Waals surface area (Å²) in [6.45, 7) is 2.01. The summed E-state index contributed by atoms with van der Waals surface area (Å²) in [4.78, 5) is 11.8. The minimum Gasteiger partial charge on any atom is -0.398 e. The number of nitrogens with zero attached hydrogens (tertiary/aromatic N) is 1. The van der Waals surface area contributed by atoms with Gasteiger partial charge in [0.15, 0.2) is 0 Å². The van der Waals surface area contributed by atoms with Crippen molar-refractivity contribution in [1.29, 1.82) is 0 Å². The summed E-state index contributed by atoms with van der Waals surface area (Å²) >= 11 is 0. The third-order valence-corrected chi connectivity index (χ3v) is 2.66. The molecule has 0 radical (unpaired) electrons. The highest BCUT2D eigenvalue weighted by atomic mass is 16.2. The second kappa shape index (κ2) is 5.82. The highest BCUT2D eigenvalue weighted by Crippen LogP contribution is 2.09. The fourth-order valence-electron chi connectivity index (χ4n) is 1.58. The van der Waals surface area contributed by atoms with Gasteiger partial charge < -0.3 is 5.73 Å². The number of nitrogens with two attached hydrogens (primary N) is 1. The van der Waals surface area contributed by atoms with Crippen LogP contribution in [0.25, 0.3) is 0 Å². The number of rotatable bonds is 3. The zero-order chi connectivity index (χ0) is 13.7. The Morgan fingerprint density at radius 3 is 2.53 bits per heavy atom. The minimum absolute atomic E-state index is 0.318. The van der Waals surface area contributed by atoms with E-state index in [1.807, 2.05) is 31.2 Å². The Hall–Kier alpha value is -2.62. The van der Waals surface area contributed by atoms with Crippen LogP contribution in [0.1, 0.15) is 21.5 Å². The van der Waals surface area contributed by atoms with Crippen LogP contribution in [0.5, 0.6) is 0 Å². The molecule has 0 aliphatic carbocycles. The van der Waals surface area contributed by atoms with Gasteiger partial charge in [-0.25, -0.2) is 5.43 Å². The maximum Gasteiger partial charge on any atom is 0.273 e. The number of aryl methyl sites for hydroxylation is 1. The Morgan fingerprint density at radius 1 is 1.16 bits per heavy atom. The van der Waals surface area contributed by atoms with Crippen molar-refractivity contribution in [1.82, 2.24) is 5.43 Å².